The van der Waals surface area contributed by atoms with Gasteiger partial charge in [-0.3, -0.25) is 14.6 Å². The first-order valence-corrected chi connectivity index (χ1v) is 8.43. The van der Waals surface area contributed by atoms with E-state index in [1.807, 2.05) is 25.1 Å². The number of fused-ring (bicyclic) bond motifs is 2. The highest BCUT2D eigenvalue weighted by Gasteiger charge is 2.38. The maximum Gasteiger partial charge on any atom is 0.266 e. The van der Waals surface area contributed by atoms with Gasteiger partial charge in [0.2, 0.25) is 5.89 Å². The molecule has 0 saturated heterocycles. The number of amides is 2. The van der Waals surface area contributed by atoms with Gasteiger partial charge in [-0.1, -0.05) is 18.2 Å². The number of benzene rings is 2. The molecule has 0 bridgehead atoms. The summed E-state index contributed by atoms with van der Waals surface area (Å²) in [5.41, 5.74) is 4.07. The molecule has 0 fully saturated rings. The maximum absolute atomic E-state index is 12.8. The van der Waals surface area contributed by atoms with Crippen molar-refractivity contribution in [1.82, 2.24) is 9.97 Å². The molecule has 4 aromatic rings. The predicted molar refractivity (Wildman–Crippen MR) is 99.6 cm³/mol. The van der Waals surface area contributed by atoms with Crippen LogP contribution in [0.15, 0.2) is 65.3 Å². The minimum Gasteiger partial charge on any atom is -0.436 e. The number of aryl methyl sites for hydroxylation is 1. The summed E-state index contributed by atoms with van der Waals surface area (Å²) < 4.78 is 5.87. The number of anilines is 1. The summed E-state index contributed by atoms with van der Waals surface area (Å²) in [5, 5.41) is 0. The number of pyridine rings is 1. The van der Waals surface area contributed by atoms with Crippen molar-refractivity contribution >= 4 is 28.6 Å². The van der Waals surface area contributed by atoms with Crippen molar-refractivity contribution in [2.24, 2.45) is 0 Å². The molecule has 1 aliphatic heterocycles. The predicted octanol–water partition coefficient (Wildman–Crippen LogP) is 4.00. The first-order valence-electron chi connectivity index (χ1n) is 8.43. The second-order valence-electron chi connectivity index (χ2n) is 6.37. The Morgan fingerprint density at radius 2 is 1.67 bits per heavy atom. The molecular weight excluding hydrogens is 342 g/mol. The van der Waals surface area contributed by atoms with Crippen LogP contribution in [0, 0.1) is 6.92 Å². The van der Waals surface area contributed by atoms with Gasteiger partial charge in [0.05, 0.1) is 28.6 Å². The molecule has 2 aromatic carbocycles. The van der Waals surface area contributed by atoms with Crippen LogP contribution in [0.25, 0.3) is 22.6 Å². The lowest BCUT2D eigenvalue weighted by molar-refractivity contribution is 0.0926. The van der Waals surface area contributed by atoms with E-state index >= 15 is 0 Å². The molecule has 27 heavy (non-hydrogen) atoms. The number of aromatic nitrogens is 2. The molecule has 2 amide bonds. The van der Waals surface area contributed by atoms with Crippen molar-refractivity contribution in [3.05, 3.63) is 77.6 Å². The molecule has 1 aliphatic rings. The average molecular weight is 355 g/mol. The number of hydrogen-bond donors (Lipinski definition) is 0. The number of hydrogen-bond acceptors (Lipinski definition) is 5. The van der Waals surface area contributed by atoms with Crippen LogP contribution in [-0.4, -0.2) is 21.8 Å². The zero-order valence-corrected chi connectivity index (χ0v) is 14.3. The Balaban J connectivity index is 1.67. The molecular formula is C21H13N3O3. The van der Waals surface area contributed by atoms with E-state index in [2.05, 4.69) is 9.97 Å². The van der Waals surface area contributed by atoms with E-state index in [0.717, 1.165) is 16.0 Å². The molecule has 0 aliphatic carbocycles. The van der Waals surface area contributed by atoms with Gasteiger partial charge in [-0.25, -0.2) is 9.88 Å². The van der Waals surface area contributed by atoms with Crippen LogP contribution >= 0.6 is 0 Å². The summed E-state index contributed by atoms with van der Waals surface area (Å²) in [6.07, 6.45) is 3.06. The topological polar surface area (TPSA) is 76.3 Å². The molecule has 0 saturated carbocycles. The van der Waals surface area contributed by atoms with Crippen LogP contribution in [0.2, 0.25) is 0 Å². The van der Waals surface area contributed by atoms with Gasteiger partial charge < -0.3 is 4.42 Å². The van der Waals surface area contributed by atoms with Gasteiger partial charge in [-0.2, -0.15) is 0 Å². The summed E-state index contributed by atoms with van der Waals surface area (Å²) in [6.45, 7) is 1.98. The van der Waals surface area contributed by atoms with E-state index in [4.69, 9.17) is 4.42 Å². The van der Waals surface area contributed by atoms with E-state index in [-0.39, 0.29) is 11.8 Å². The highest BCUT2D eigenvalue weighted by Crippen LogP contribution is 2.36. The lowest BCUT2D eigenvalue weighted by Gasteiger charge is -2.16. The highest BCUT2D eigenvalue weighted by molar-refractivity contribution is 6.35. The summed E-state index contributed by atoms with van der Waals surface area (Å²) in [4.78, 5) is 35.4. The Labute approximate surface area is 154 Å². The zero-order valence-electron chi connectivity index (χ0n) is 14.3. The first kappa shape index (κ1) is 15.5. The van der Waals surface area contributed by atoms with Crippen molar-refractivity contribution in [1.29, 1.82) is 0 Å². The van der Waals surface area contributed by atoms with E-state index in [1.54, 1.807) is 36.5 Å². The number of imide groups is 1. The summed E-state index contributed by atoms with van der Waals surface area (Å²) in [6, 6.07) is 14.2. The monoisotopic (exact) mass is 355 g/mol. The third-order valence-electron chi connectivity index (χ3n) is 4.61. The van der Waals surface area contributed by atoms with Crippen molar-refractivity contribution in [2.75, 3.05) is 4.90 Å². The van der Waals surface area contributed by atoms with E-state index < -0.39 is 0 Å². The third kappa shape index (κ3) is 2.27. The second-order valence-corrected chi connectivity index (χ2v) is 6.37. The summed E-state index contributed by atoms with van der Waals surface area (Å²) in [5.74, 6) is -0.418. The molecule has 6 heteroatoms. The highest BCUT2D eigenvalue weighted by atomic mass is 16.3. The van der Waals surface area contributed by atoms with E-state index in [1.165, 1.54) is 6.20 Å². The van der Waals surface area contributed by atoms with Crippen molar-refractivity contribution in [2.45, 2.75) is 6.92 Å². The smallest absolute Gasteiger partial charge is 0.266 e. The normalized spacial score (nSPS) is 13.4. The van der Waals surface area contributed by atoms with E-state index in [9.17, 15) is 9.59 Å². The molecule has 130 valence electrons. The van der Waals surface area contributed by atoms with Gasteiger partial charge in [0.25, 0.3) is 11.8 Å². The Bertz CT molecular complexity index is 1210. The zero-order chi connectivity index (χ0) is 18.5. The fourth-order valence-electron chi connectivity index (χ4n) is 3.31. The molecule has 5 rings (SSSR count). The largest absolute Gasteiger partial charge is 0.436 e. The lowest BCUT2D eigenvalue weighted by atomic mass is 10.1. The van der Waals surface area contributed by atoms with Crippen LogP contribution in [-0.2, 0) is 0 Å². The number of nitrogens with zero attached hydrogens (tertiary/aromatic N) is 3. The Morgan fingerprint density at radius 3 is 2.41 bits per heavy atom. The minimum atomic E-state index is -0.378. The average Bonchev–Trinajstić information content (AvgIpc) is 3.21. The van der Waals surface area contributed by atoms with Crippen LogP contribution in [0.3, 0.4) is 0 Å². The number of carbonyl (C=O) groups excluding carboxylic acids is 2. The maximum atomic E-state index is 12.8. The Kier molecular flexibility index (Phi) is 3.21. The summed E-state index contributed by atoms with van der Waals surface area (Å²) in [7, 11) is 0. The van der Waals surface area contributed by atoms with Gasteiger partial charge in [0.1, 0.15) is 5.52 Å². The third-order valence-corrected chi connectivity index (χ3v) is 4.61. The molecule has 0 spiro atoms. The number of carbonyl (C=O) groups is 2. The Morgan fingerprint density at radius 1 is 0.926 bits per heavy atom. The molecule has 2 aromatic heterocycles. The second kappa shape index (κ2) is 5.60. The molecule has 0 radical (unpaired) electrons. The fraction of sp³-hybridized carbons (Fsp3) is 0.0476. The SMILES string of the molecule is Cc1ccc2oc(-c3ccncc3N3C(=O)c4ccccc4C3=O)nc2c1. The quantitative estimate of drug-likeness (QED) is 0.508. The lowest BCUT2D eigenvalue weighted by Crippen LogP contribution is -2.30. The molecule has 3 heterocycles. The Hall–Kier alpha value is -3.80. The van der Waals surface area contributed by atoms with Crippen molar-refractivity contribution in [3.63, 3.8) is 0 Å². The van der Waals surface area contributed by atoms with Gasteiger partial charge in [-0.05, 0) is 42.8 Å². The number of oxazole rings is 1. The summed E-state index contributed by atoms with van der Waals surface area (Å²) >= 11 is 0. The first-order chi connectivity index (χ1) is 13.1. The van der Waals surface area contributed by atoms with Crippen LogP contribution in [0.1, 0.15) is 26.3 Å². The van der Waals surface area contributed by atoms with Crippen molar-refractivity contribution < 1.29 is 14.0 Å². The van der Waals surface area contributed by atoms with Gasteiger partial charge >= 0.3 is 0 Å². The molecule has 0 atom stereocenters. The molecule has 6 nitrogen and oxygen atoms in total. The number of rotatable bonds is 2. The molecule has 0 unspecified atom stereocenters. The van der Waals surface area contributed by atoms with Crippen LogP contribution in [0.4, 0.5) is 5.69 Å². The van der Waals surface area contributed by atoms with E-state index in [0.29, 0.717) is 33.9 Å². The van der Waals surface area contributed by atoms with Gasteiger partial charge in [-0.15, -0.1) is 0 Å². The van der Waals surface area contributed by atoms with Crippen LogP contribution in [0.5, 0.6) is 0 Å². The minimum absolute atomic E-state index is 0.338. The van der Waals surface area contributed by atoms with Gasteiger partial charge in [0.15, 0.2) is 5.58 Å². The molecule has 0 N–H and O–H groups in total. The van der Waals surface area contributed by atoms with Crippen molar-refractivity contribution in [3.8, 4) is 11.5 Å². The fourth-order valence-corrected chi connectivity index (χ4v) is 3.31. The standard InChI is InChI=1S/C21H13N3O3/c1-12-6-7-18-16(10-12)23-19(27-18)15-8-9-22-11-17(15)24-20(25)13-4-2-3-5-14(13)21(24)26/h2-11H,1H3. The van der Waals surface area contributed by atoms with Crippen LogP contribution < -0.4 is 4.90 Å². The van der Waals surface area contributed by atoms with Gasteiger partial charge in [0, 0.05) is 6.20 Å².